The number of halogens is 3. The van der Waals surface area contributed by atoms with Crippen LogP contribution in [0, 0.1) is 17.2 Å². The second-order valence-corrected chi connectivity index (χ2v) is 7.69. The number of oxime groups is 1. The van der Waals surface area contributed by atoms with E-state index in [2.05, 4.69) is 9.44 Å². The molecule has 0 amide bonds. The Morgan fingerprint density at radius 3 is 2.26 bits per heavy atom. The summed E-state index contributed by atoms with van der Waals surface area (Å²) in [5.41, 5.74) is -0.105. The second-order valence-electron chi connectivity index (χ2n) is 6.01. The smallest absolute Gasteiger partial charge is 0.267 e. The van der Waals surface area contributed by atoms with Gasteiger partial charge in [0.05, 0.1) is 0 Å². The molecule has 2 fully saturated rings. The third-order valence-electron chi connectivity index (χ3n) is 4.41. The minimum atomic E-state index is -4.79. The van der Waals surface area contributed by atoms with Crippen molar-refractivity contribution in [3.05, 3.63) is 0 Å². The van der Waals surface area contributed by atoms with Crippen LogP contribution in [0.1, 0.15) is 44.9 Å². The molecule has 23 heavy (non-hydrogen) atoms. The fraction of sp³-hybridized carbons (Fsp3) is 0.857. The lowest BCUT2D eigenvalue weighted by molar-refractivity contribution is 0.0717. The van der Waals surface area contributed by atoms with Gasteiger partial charge in [0, 0.05) is 5.92 Å². The number of nitrogens with zero attached hydrogens (tertiary/aromatic N) is 2. The standard InChI is InChI=1S/C14H19F3N2O3S/c15-10-6-7-11(16)14(13(10)17)23(20,21)22-19-12(8-18)9-4-2-1-3-5-9/h9-11,13-14H,1-7H2/b19-12-. The summed E-state index contributed by atoms with van der Waals surface area (Å²) in [5.74, 6) is -0.216. The van der Waals surface area contributed by atoms with E-state index in [4.69, 9.17) is 5.26 Å². The summed E-state index contributed by atoms with van der Waals surface area (Å²) < 4.78 is 69.1. The van der Waals surface area contributed by atoms with E-state index < -0.39 is 40.3 Å². The molecule has 0 radical (unpaired) electrons. The van der Waals surface area contributed by atoms with Crippen LogP contribution in [-0.4, -0.2) is 37.9 Å². The minimum Gasteiger partial charge on any atom is -0.267 e. The van der Waals surface area contributed by atoms with Crippen LogP contribution in [0.3, 0.4) is 0 Å². The van der Waals surface area contributed by atoms with Crippen molar-refractivity contribution >= 4 is 15.8 Å². The summed E-state index contributed by atoms with van der Waals surface area (Å²) in [4.78, 5) is 0. The van der Waals surface area contributed by atoms with Crippen LogP contribution < -0.4 is 0 Å². The van der Waals surface area contributed by atoms with Gasteiger partial charge in [-0.3, -0.25) is 4.28 Å². The van der Waals surface area contributed by atoms with Gasteiger partial charge in [-0.15, -0.1) is 0 Å². The van der Waals surface area contributed by atoms with Gasteiger partial charge >= 0.3 is 10.1 Å². The predicted molar refractivity (Wildman–Crippen MR) is 77.3 cm³/mol. The first-order chi connectivity index (χ1) is 10.9. The van der Waals surface area contributed by atoms with Crippen molar-refractivity contribution in [2.45, 2.75) is 68.7 Å². The summed E-state index contributed by atoms with van der Waals surface area (Å²) in [6.45, 7) is 0. The monoisotopic (exact) mass is 352 g/mol. The average molecular weight is 352 g/mol. The van der Waals surface area contributed by atoms with E-state index in [1.165, 1.54) is 0 Å². The molecule has 0 aromatic rings. The average Bonchev–Trinajstić information content (AvgIpc) is 2.53. The maximum atomic E-state index is 13.8. The number of hydrogen-bond acceptors (Lipinski definition) is 5. The molecule has 5 nitrogen and oxygen atoms in total. The van der Waals surface area contributed by atoms with Crippen LogP contribution in [0.2, 0.25) is 0 Å². The van der Waals surface area contributed by atoms with Crippen molar-refractivity contribution in [1.82, 2.24) is 0 Å². The zero-order valence-electron chi connectivity index (χ0n) is 12.5. The predicted octanol–water partition coefficient (Wildman–Crippen LogP) is 2.97. The van der Waals surface area contributed by atoms with E-state index in [1.807, 2.05) is 0 Å². The van der Waals surface area contributed by atoms with Crippen LogP contribution in [0.4, 0.5) is 13.2 Å². The number of nitriles is 1. The van der Waals surface area contributed by atoms with Gasteiger partial charge in [0.25, 0.3) is 0 Å². The van der Waals surface area contributed by atoms with Crippen molar-refractivity contribution in [2.75, 3.05) is 0 Å². The Bertz CT molecular complexity index is 585. The first-order valence-electron chi connectivity index (χ1n) is 7.69. The van der Waals surface area contributed by atoms with Gasteiger partial charge in [-0.05, 0) is 25.7 Å². The summed E-state index contributed by atoms with van der Waals surface area (Å²) in [6.07, 6.45) is -3.20. The quantitative estimate of drug-likeness (QED) is 0.575. The highest BCUT2D eigenvalue weighted by atomic mass is 32.2. The summed E-state index contributed by atoms with van der Waals surface area (Å²) in [7, 11) is -4.79. The maximum absolute atomic E-state index is 13.8. The second kappa shape index (κ2) is 7.51. The van der Waals surface area contributed by atoms with E-state index in [1.54, 1.807) is 6.07 Å². The molecule has 2 rings (SSSR count). The highest BCUT2D eigenvalue weighted by molar-refractivity contribution is 7.87. The highest BCUT2D eigenvalue weighted by Crippen LogP contribution is 2.32. The maximum Gasteiger partial charge on any atom is 0.337 e. The van der Waals surface area contributed by atoms with Gasteiger partial charge in [-0.25, -0.2) is 13.2 Å². The lowest BCUT2D eigenvalue weighted by Crippen LogP contribution is -2.48. The molecule has 4 atom stereocenters. The van der Waals surface area contributed by atoms with E-state index in [-0.39, 0.29) is 18.1 Å². The van der Waals surface area contributed by atoms with Gasteiger partial charge < -0.3 is 0 Å². The minimum absolute atomic E-state index is 0.105. The Morgan fingerprint density at radius 1 is 1.04 bits per heavy atom. The highest BCUT2D eigenvalue weighted by Gasteiger charge is 2.50. The molecule has 2 saturated carbocycles. The molecule has 0 aromatic heterocycles. The molecule has 0 spiro atoms. The van der Waals surface area contributed by atoms with Crippen LogP contribution >= 0.6 is 0 Å². The Hall–Kier alpha value is -1.30. The largest absolute Gasteiger partial charge is 0.337 e. The van der Waals surface area contributed by atoms with Gasteiger partial charge in [0.1, 0.15) is 18.4 Å². The van der Waals surface area contributed by atoms with Crippen molar-refractivity contribution < 1.29 is 25.9 Å². The number of alkyl halides is 3. The number of rotatable bonds is 4. The molecular formula is C14H19F3N2O3S. The first-order valence-corrected chi connectivity index (χ1v) is 9.16. The zero-order chi connectivity index (χ0) is 17.0. The molecule has 2 aliphatic rings. The van der Waals surface area contributed by atoms with E-state index in [0.717, 1.165) is 19.3 Å². The molecular weight excluding hydrogens is 333 g/mol. The first kappa shape index (κ1) is 18.0. The van der Waals surface area contributed by atoms with Crippen LogP contribution in [0.15, 0.2) is 5.16 Å². The van der Waals surface area contributed by atoms with Crippen LogP contribution in [0.5, 0.6) is 0 Å². The summed E-state index contributed by atoms with van der Waals surface area (Å²) in [6, 6.07) is 1.78. The third-order valence-corrected chi connectivity index (χ3v) is 5.92. The summed E-state index contributed by atoms with van der Waals surface area (Å²) in [5, 5.41) is 10.1. The normalized spacial score (nSPS) is 33.9. The SMILES string of the molecule is N#C/C(=N/OS(=O)(=O)C1C(F)CCC(F)C1F)C1CCCCC1. The van der Waals surface area contributed by atoms with E-state index in [0.29, 0.717) is 12.8 Å². The van der Waals surface area contributed by atoms with E-state index >= 15 is 0 Å². The molecule has 0 saturated heterocycles. The van der Waals surface area contributed by atoms with Crippen LogP contribution in [-0.2, 0) is 14.4 Å². The Kier molecular flexibility index (Phi) is 5.89. The van der Waals surface area contributed by atoms with Gasteiger partial charge in [-0.2, -0.15) is 13.7 Å². The van der Waals surface area contributed by atoms with Crippen molar-refractivity contribution in [1.29, 1.82) is 5.26 Å². The molecule has 0 heterocycles. The Balaban J connectivity index is 2.13. The van der Waals surface area contributed by atoms with Gasteiger partial charge in [0.15, 0.2) is 17.1 Å². The van der Waals surface area contributed by atoms with Crippen molar-refractivity contribution in [3.8, 4) is 6.07 Å². The fourth-order valence-corrected chi connectivity index (χ4v) is 4.36. The van der Waals surface area contributed by atoms with Crippen LogP contribution in [0.25, 0.3) is 0 Å². The fourth-order valence-electron chi connectivity index (χ4n) is 3.09. The van der Waals surface area contributed by atoms with Crippen molar-refractivity contribution in [2.24, 2.45) is 11.1 Å². The molecule has 9 heteroatoms. The third kappa shape index (κ3) is 4.16. The molecule has 0 N–H and O–H groups in total. The molecule has 0 aliphatic heterocycles. The lowest BCUT2D eigenvalue weighted by atomic mass is 9.86. The zero-order valence-corrected chi connectivity index (χ0v) is 13.3. The number of hydrogen-bond donors (Lipinski definition) is 0. The lowest BCUT2D eigenvalue weighted by Gasteiger charge is -2.29. The molecule has 4 unspecified atom stereocenters. The molecule has 2 aliphatic carbocycles. The Morgan fingerprint density at radius 2 is 1.65 bits per heavy atom. The Labute approximate surface area is 133 Å². The van der Waals surface area contributed by atoms with Gasteiger partial charge in [-0.1, -0.05) is 24.4 Å². The molecule has 0 aromatic carbocycles. The summed E-state index contributed by atoms with van der Waals surface area (Å²) >= 11 is 0. The van der Waals surface area contributed by atoms with E-state index in [9.17, 15) is 21.6 Å². The van der Waals surface area contributed by atoms with Gasteiger partial charge in [0.2, 0.25) is 0 Å². The van der Waals surface area contributed by atoms with Crippen molar-refractivity contribution in [3.63, 3.8) is 0 Å². The molecule has 0 bridgehead atoms. The topological polar surface area (TPSA) is 79.5 Å². The molecule has 130 valence electrons.